The quantitative estimate of drug-likeness (QED) is 0.797. The predicted octanol–water partition coefficient (Wildman–Crippen LogP) is 3.52. The summed E-state index contributed by atoms with van der Waals surface area (Å²) in [5.74, 6) is -0.238. The maximum atomic E-state index is 11.9. The van der Waals surface area contributed by atoms with Gasteiger partial charge in [-0.2, -0.15) is 0 Å². The molecule has 1 aromatic rings. The van der Waals surface area contributed by atoms with Crippen LogP contribution in [0.5, 0.6) is 0 Å². The summed E-state index contributed by atoms with van der Waals surface area (Å²) in [7, 11) is 0. The zero-order chi connectivity index (χ0) is 13.8. The van der Waals surface area contributed by atoms with Crippen molar-refractivity contribution >= 4 is 29.2 Å². The average molecular weight is 302 g/mol. The number of ether oxygens (including phenoxy) is 1. The third-order valence-corrected chi connectivity index (χ3v) is 4.03. The van der Waals surface area contributed by atoms with E-state index in [-0.39, 0.29) is 18.6 Å². The predicted molar refractivity (Wildman–Crippen MR) is 76.5 cm³/mol. The molecular formula is C14H17Cl2NO2. The molecule has 1 atom stereocenters. The summed E-state index contributed by atoms with van der Waals surface area (Å²) in [6.45, 7) is 3.92. The van der Waals surface area contributed by atoms with Crippen molar-refractivity contribution in [3.05, 3.63) is 33.8 Å². The first kappa shape index (κ1) is 14.6. The van der Waals surface area contributed by atoms with Crippen molar-refractivity contribution in [2.75, 3.05) is 13.1 Å². The molecule has 0 aromatic heterocycles. The van der Waals surface area contributed by atoms with E-state index in [4.69, 9.17) is 27.9 Å². The highest BCUT2D eigenvalue weighted by molar-refractivity contribution is 6.42. The van der Waals surface area contributed by atoms with Crippen LogP contribution in [0.3, 0.4) is 0 Å². The molecule has 0 spiro atoms. The first-order valence-electron chi connectivity index (χ1n) is 6.44. The zero-order valence-electron chi connectivity index (χ0n) is 10.9. The van der Waals surface area contributed by atoms with Crippen LogP contribution in [0.2, 0.25) is 10.0 Å². The zero-order valence-corrected chi connectivity index (χ0v) is 12.4. The number of hydrogen-bond donors (Lipinski definition) is 0. The van der Waals surface area contributed by atoms with Crippen molar-refractivity contribution in [3.63, 3.8) is 0 Å². The van der Waals surface area contributed by atoms with Crippen molar-refractivity contribution in [1.29, 1.82) is 0 Å². The van der Waals surface area contributed by atoms with E-state index in [1.165, 1.54) is 12.8 Å². The smallest absolute Gasteiger partial charge is 0.311 e. The van der Waals surface area contributed by atoms with Crippen molar-refractivity contribution in [1.82, 2.24) is 4.90 Å². The van der Waals surface area contributed by atoms with Crippen molar-refractivity contribution in [2.45, 2.75) is 32.4 Å². The normalized spacial score (nSPS) is 17.4. The molecule has 0 aliphatic carbocycles. The third kappa shape index (κ3) is 4.10. The average Bonchev–Trinajstić information content (AvgIpc) is 2.87. The molecule has 1 aromatic carbocycles. The van der Waals surface area contributed by atoms with E-state index in [2.05, 4.69) is 4.90 Å². The number of rotatable bonds is 4. The van der Waals surface area contributed by atoms with Crippen molar-refractivity contribution < 1.29 is 9.53 Å². The van der Waals surface area contributed by atoms with Crippen LogP contribution in [-0.2, 0) is 16.0 Å². The second kappa shape index (κ2) is 6.60. The topological polar surface area (TPSA) is 29.5 Å². The minimum absolute atomic E-state index is 0.155. The van der Waals surface area contributed by atoms with Gasteiger partial charge in [-0.05, 0) is 37.5 Å². The van der Waals surface area contributed by atoms with Gasteiger partial charge in [0.05, 0.1) is 16.5 Å². The monoisotopic (exact) mass is 301 g/mol. The Kier molecular flexibility index (Phi) is 5.08. The Bertz CT molecular complexity index is 459. The van der Waals surface area contributed by atoms with Crippen molar-refractivity contribution in [2.24, 2.45) is 0 Å². The Balaban J connectivity index is 1.88. The van der Waals surface area contributed by atoms with Crippen LogP contribution < -0.4 is 0 Å². The minimum Gasteiger partial charge on any atom is -0.446 e. The third-order valence-electron chi connectivity index (χ3n) is 3.29. The van der Waals surface area contributed by atoms with Gasteiger partial charge in [-0.15, -0.1) is 0 Å². The van der Waals surface area contributed by atoms with E-state index < -0.39 is 0 Å². The summed E-state index contributed by atoms with van der Waals surface area (Å²) < 4.78 is 5.42. The van der Waals surface area contributed by atoms with E-state index in [0.29, 0.717) is 10.0 Å². The molecule has 1 saturated heterocycles. The standard InChI is InChI=1S/C14H17Cl2NO2/c1-10(17-6-2-3-7-17)19-14(18)9-11-4-5-12(15)13(16)8-11/h4-5,8,10H,2-3,6-7,9H2,1H3. The number of benzene rings is 1. The largest absolute Gasteiger partial charge is 0.446 e. The molecule has 1 fully saturated rings. The highest BCUT2D eigenvalue weighted by Gasteiger charge is 2.21. The molecule has 0 bridgehead atoms. The number of hydrogen-bond acceptors (Lipinski definition) is 3. The lowest BCUT2D eigenvalue weighted by Gasteiger charge is -2.23. The molecule has 0 saturated carbocycles. The second-order valence-electron chi connectivity index (χ2n) is 4.76. The fourth-order valence-electron chi connectivity index (χ4n) is 2.23. The van der Waals surface area contributed by atoms with Gasteiger partial charge in [-0.3, -0.25) is 9.69 Å². The minimum atomic E-state index is -0.238. The van der Waals surface area contributed by atoms with Crippen LogP contribution in [0.15, 0.2) is 18.2 Å². The van der Waals surface area contributed by atoms with E-state index >= 15 is 0 Å². The maximum absolute atomic E-state index is 11.9. The number of likely N-dealkylation sites (tertiary alicyclic amines) is 1. The van der Waals surface area contributed by atoms with Gasteiger partial charge in [-0.25, -0.2) is 0 Å². The van der Waals surface area contributed by atoms with Gasteiger partial charge in [0.1, 0.15) is 0 Å². The lowest BCUT2D eigenvalue weighted by atomic mass is 10.1. The SMILES string of the molecule is CC(OC(=O)Cc1ccc(Cl)c(Cl)c1)N1CCCC1. The molecule has 3 nitrogen and oxygen atoms in total. The van der Waals surface area contributed by atoms with Crippen LogP contribution in [0.4, 0.5) is 0 Å². The van der Waals surface area contributed by atoms with E-state index in [0.717, 1.165) is 18.7 Å². The van der Waals surface area contributed by atoms with E-state index in [9.17, 15) is 4.79 Å². The Labute approximate surface area is 123 Å². The Hall–Kier alpha value is -0.770. The van der Waals surface area contributed by atoms with Crippen LogP contribution in [0.1, 0.15) is 25.3 Å². The Morgan fingerprint density at radius 3 is 2.63 bits per heavy atom. The Morgan fingerprint density at radius 2 is 2.00 bits per heavy atom. The summed E-state index contributed by atoms with van der Waals surface area (Å²) in [6.07, 6.45) is 2.41. The highest BCUT2D eigenvalue weighted by Crippen LogP contribution is 2.23. The first-order valence-corrected chi connectivity index (χ1v) is 7.19. The van der Waals surface area contributed by atoms with Gasteiger partial charge < -0.3 is 4.74 Å². The van der Waals surface area contributed by atoms with Gasteiger partial charge in [0.25, 0.3) is 0 Å². The van der Waals surface area contributed by atoms with Crippen LogP contribution in [-0.4, -0.2) is 30.2 Å². The van der Waals surface area contributed by atoms with Gasteiger partial charge in [0, 0.05) is 13.1 Å². The summed E-state index contributed by atoms with van der Waals surface area (Å²) in [5.41, 5.74) is 0.813. The van der Waals surface area contributed by atoms with Crippen LogP contribution in [0, 0.1) is 0 Å². The molecule has 104 valence electrons. The molecule has 19 heavy (non-hydrogen) atoms. The number of halogens is 2. The highest BCUT2D eigenvalue weighted by atomic mass is 35.5. The van der Waals surface area contributed by atoms with E-state index in [1.807, 2.05) is 6.92 Å². The molecule has 1 unspecified atom stereocenters. The first-order chi connectivity index (χ1) is 9.06. The van der Waals surface area contributed by atoms with Crippen LogP contribution in [0.25, 0.3) is 0 Å². The summed E-state index contributed by atoms with van der Waals surface area (Å²) >= 11 is 11.7. The summed E-state index contributed by atoms with van der Waals surface area (Å²) in [6, 6.07) is 5.18. The van der Waals surface area contributed by atoms with Gasteiger partial charge in [-0.1, -0.05) is 29.3 Å². The number of carbonyl (C=O) groups excluding carboxylic acids is 1. The molecule has 1 heterocycles. The lowest BCUT2D eigenvalue weighted by Crippen LogP contribution is -2.34. The van der Waals surface area contributed by atoms with Gasteiger partial charge >= 0.3 is 5.97 Å². The van der Waals surface area contributed by atoms with E-state index in [1.54, 1.807) is 18.2 Å². The fourth-order valence-corrected chi connectivity index (χ4v) is 2.55. The summed E-state index contributed by atoms with van der Waals surface area (Å²) in [4.78, 5) is 14.0. The number of carbonyl (C=O) groups is 1. The molecule has 2 rings (SSSR count). The Morgan fingerprint density at radius 1 is 1.32 bits per heavy atom. The number of esters is 1. The lowest BCUT2D eigenvalue weighted by molar-refractivity contribution is -0.155. The molecular weight excluding hydrogens is 285 g/mol. The van der Waals surface area contributed by atoms with Crippen LogP contribution >= 0.6 is 23.2 Å². The molecule has 0 amide bonds. The molecule has 0 radical (unpaired) electrons. The second-order valence-corrected chi connectivity index (χ2v) is 5.57. The number of nitrogens with zero attached hydrogens (tertiary/aromatic N) is 1. The van der Waals surface area contributed by atoms with Gasteiger partial charge in [0.2, 0.25) is 0 Å². The van der Waals surface area contributed by atoms with Gasteiger partial charge in [0.15, 0.2) is 6.23 Å². The molecule has 5 heteroatoms. The molecule has 1 aliphatic rings. The molecule has 0 N–H and O–H groups in total. The maximum Gasteiger partial charge on any atom is 0.311 e. The fraction of sp³-hybridized carbons (Fsp3) is 0.500. The van der Waals surface area contributed by atoms with Crippen molar-refractivity contribution in [3.8, 4) is 0 Å². The summed E-state index contributed by atoms with van der Waals surface area (Å²) in [5, 5.41) is 0.948. The molecule has 1 aliphatic heterocycles.